The topological polar surface area (TPSA) is 3.24 Å². The van der Waals surface area contributed by atoms with Crippen LogP contribution in [0.5, 0.6) is 0 Å². The molecule has 0 radical (unpaired) electrons. The summed E-state index contributed by atoms with van der Waals surface area (Å²) in [5, 5.41) is 0. The maximum Gasteiger partial charge on any atom is 0.0238 e. The van der Waals surface area contributed by atoms with Gasteiger partial charge in [0.1, 0.15) is 0 Å². The van der Waals surface area contributed by atoms with Crippen molar-refractivity contribution in [3.8, 4) is 0 Å². The lowest BCUT2D eigenvalue weighted by molar-refractivity contribution is 0.356. The van der Waals surface area contributed by atoms with Crippen LogP contribution in [0.2, 0.25) is 0 Å². The SMILES string of the molecule is C=CC1=C(SC)CCN(C)C1. The summed E-state index contributed by atoms with van der Waals surface area (Å²) in [6, 6.07) is 0. The summed E-state index contributed by atoms with van der Waals surface area (Å²) in [6.45, 7) is 6.08. The quantitative estimate of drug-likeness (QED) is 0.623. The third kappa shape index (κ3) is 2.11. The Labute approximate surface area is 73.2 Å². The molecule has 0 saturated heterocycles. The molecule has 0 aromatic carbocycles. The normalized spacial score (nSPS) is 20.5. The minimum Gasteiger partial charge on any atom is -0.302 e. The molecule has 1 nitrogen and oxygen atoms in total. The summed E-state index contributed by atoms with van der Waals surface area (Å²) in [4.78, 5) is 3.84. The van der Waals surface area contributed by atoms with Gasteiger partial charge in [-0.1, -0.05) is 12.7 Å². The molecule has 1 aliphatic rings. The van der Waals surface area contributed by atoms with Gasteiger partial charge in [0.25, 0.3) is 0 Å². The molecule has 2 heteroatoms. The van der Waals surface area contributed by atoms with Crippen molar-refractivity contribution in [1.29, 1.82) is 0 Å². The second-order valence-electron chi connectivity index (χ2n) is 2.84. The molecule has 0 N–H and O–H groups in total. The minimum absolute atomic E-state index is 1.07. The Balaban J connectivity index is 2.74. The van der Waals surface area contributed by atoms with E-state index in [-0.39, 0.29) is 0 Å². The van der Waals surface area contributed by atoms with E-state index in [2.05, 4.69) is 24.8 Å². The van der Waals surface area contributed by atoms with Gasteiger partial charge < -0.3 is 4.90 Å². The summed E-state index contributed by atoms with van der Waals surface area (Å²) in [7, 11) is 2.15. The van der Waals surface area contributed by atoms with Crippen LogP contribution in [0, 0.1) is 0 Å². The first-order valence-corrected chi connectivity index (χ1v) is 5.07. The zero-order valence-corrected chi connectivity index (χ0v) is 8.08. The molecule has 1 rings (SSSR count). The number of nitrogens with zero attached hydrogens (tertiary/aromatic N) is 1. The number of likely N-dealkylation sites (N-methyl/N-ethyl adjacent to an activating group) is 1. The van der Waals surface area contributed by atoms with Gasteiger partial charge in [0.2, 0.25) is 0 Å². The van der Waals surface area contributed by atoms with Crippen molar-refractivity contribution in [2.75, 3.05) is 26.4 Å². The van der Waals surface area contributed by atoms with E-state index in [0.29, 0.717) is 0 Å². The lowest BCUT2D eigenvalue weighted by atomic mass is 10.1. The summed E-state index contributed by atoms with van der Waals surface area (Å²) in [5.74, 6) is 0. The average Bonchev–Trinajstić information content (AvgIpc) is 2.04. The fourth-order valence-electron chi connectivity index (χ4n) is 1.32. The van der Waals surface area contributed by atoms with E-state index in [4.69, 9.17) is 0 Å². The Morgan fingerprint density at radius 2 is 2.36 bits per heavy atom. The van der Waals surface area contributed by atoms with Gasteiger partial charge in [0.15, 0.2) is 0 Å². The highest BCUT2D eigenvalue weighted by atomic mass is 32.2. The average molecular weight is 169 g/mol. The molecule has 11 heavy (non-hydrogen) atoms. The molecule has 0 aliphatic carbocycles. The molecule has 0 spiro atoms. The first kappa shape index (κ1) is 8.88. The molecule has 0 bridgehead atoms. The van der Waals surface area contributed by atoms with Gasteiger partial charge in [0.05, 0.1) is 0 Å². The van der Waals surface area contributed by atoms with Crippen LogP contribution in [0.4, 0.5) is 0 Å². The fraction of sp³-hybridized carbons (Fsp3) is 0.556. The molecule has 1 heterocycles. The second kappa shape index (κ2) is 3.98. The molecule has 0 amide bonds. The van der Waals surface area contributed by atoms with Crippen LogP contribution in [0.25, 0.3) is 0 Å². The van der Waals surface area contributed by atoms with E-state index >= 15 is 0 Å². The smallest absolute Gasteiger partial charge is 0.0238 e. The van der Waals surface area contributed by atoms with Gasteiger partial charge in [0, 0.05) is 13.1 Å². The Morgan fingerprint density at radius 1 is 1.64 bits per heavy atom. The van der Waals surface area contributed by atoms with Crippen molar-refractivity contribution in [3.63, 3.8) is 0 Å². The highest BCUT2D eigenvalue weighted by molar-refractivity contribution is 8.02. The van der Waals surface area contributed by atoms with E-state index in [1.165, 1.54) is 23.4 Å². The number of thioether (sulfide) groups is 1. The van der Waals surface area contributed by atoms with Crippen LogP contribution >= 0.6 is 11.8 Å². The second-order valence-corrected chi connectivity index (χ2v) is 3.75. The first-order chi connectivity index (χ1) is 5.27. The van der Waals surface area contributed by atoms with Crippen LogP contribution in [-0.2, 0) is 0 Å². The Kier molecular flexibility index (Phi) is 3.21. The van der Waals surface area contributed by atoms with Crippen LogP contribution in [0.1, 0.15) is 6.42 Å². The van der Waals surface area contributed by atoms with Crippen LogP contribution < -0.4 is 0 Å². The van der Waals surface area contributed by atoms with Crippen molar-refractivity contribution >= 4 is 11.8 Å². The monoisotopic (exact) mass is 169 g/mol. The van der Waals surface area contributed by atoms with Crippen LogP contribution in [-0.4, -0.2) is 31.3 Å². The number of rotatable bonds is 2. The molecule has 0 fully saturated rings. The standard InChI is InChI=1S/C9H15NS/c1-4-8-7-10(2)6-5-9(8)11-3/h4H,1,5-7H2,2-3H3. The Hall–Kier alpha value is -0.210. The van der Waals surface area contributed by atoms with E-state index in [0.717, 1.165) is 6.54 Å². The highest BCUT2D eigenvalue weighted by Crippen LogP contribution is 2.25. The van der Waals surface area contributed by atoms with Gasteiger partial charge in [-0.05, 0) is 30.2 Å². The molecular formula is C9H15NS. The summed E-state index contributed by atoms with van der Waals surface area (Å²) in [5.41, 5.74) is 1.41. The predicted molar refractivity (Wildman–Crippen MR) is 52.9 cm³/mol. The first-order valence-electron chi connectivity index (χ1n) is 3.85. The molecular weight excluding hydrogens is 154 g/mol. The Morgan fingerprint density at radius 3 is 2.91 bits per heavy atom. The van der Waals surface area contributed by atoms with Gasteiger partial charge in [-0.25, -0.2) is 0 Å². The molecule has 62 valence electrons. The molecule has 0 unspecified atom stereocenters. The van der Waals surface area contributed by atoms with Crippen molar-refractivity contribution in [3.05, 3.63) is 23.1 Å². The van der Waals surface area contributed by atoms with Crippen molar-refractivity contribution in [1.82, 2.24) is 4.90 Å². The van der Waals surface area contributed by atoms with Gasteiger partial charge in [-0.3, -0.25) is 0 Å². The molecule has 0 atom stereocenters. The zero-order chi connectivity index (χ0) is 8.27. The van der Waals surface area contributed by atoms with Crippen molar-refractivity contribution in [2.45, 2.75) is 6.42 Å². The lowest BCUT2D eigenvalue weighted by Gasteiger charge is -2.25. The molecule has 0 saturated carbocycles. The maximum atomic E-state index is 3.82. The van der Waals surface area contributed by atoms with Crippen molar-refractivity contribution in [2.24, 2.45) is 0 Å². The summed E-state index contributed by atoms with van der Waals surface area (Å²) in [6.07, 6.45) is 5.32. The zero-order valence-electron chi connectivity index (χ0n) is 7.26. The lowest BCUT2D eigenvalue weighted by Crippen LogP contribution is -2.26. The minimum atomic E-state index is 1.07. The van der Waals surface area contributed by atoms with Crippen molar-refractivity contribution < 1.29 is 0 Å². The molecule has 1 aliphatic heterocycles. The van der Waals surface area contributed by atoms with E-state index < -0.39 is 0 Å². The Bertz CT molecular complexity index is 184. The van der Waals surface area contributed by atoms with E-state index in [9.17, 15) is 0 Å². The van der Waals surface area contributed by atoms with Crippen LogP contribution in [0.3, 0.4) is 0 Å². The van der Waals surface area contributed by atoms with Crippen LogP contribution in [0.15, 0.2) is 23.1 Å². The van der Waals surface area contributed by atoms with Gasteiger partial charge in [-0.2, -0.15) is 0 Å². The van der Waals surface area contributed by atoms with Gasteiger partial charge >= 0.3 is 0 Å². The molecule has 0 aromatic heterocycles. The fourth-order valence-corrected chi connectivity index (χ4v) is 2.03. The largest absolute Gasteiger partial charge is 0.302 e. The number of hydrogen-bond donors (Lipinski definition) is 0. The van der Waals surface area contributed by atoms with Gasteiger partial charge in [-0.15, -0.1) is 11.8 Å². The highest BCUT2D eigenvalue weighted by Gasteiger charge is 2.12. The third-order valence-electron chi connectivity index (χ3n) is 2.01. The third-order valence-corrected chi connectivity index (χ3v) is 2.97. The summed E-state index contributed by atoms with van der Waals surface area (Å²) >= 11 is 1.86. The number of hydrogen-bond acceptors (Lipinski definition) is 2. The summed E-state index contributed by atoms with van der Waals surface area (Å²) < 4.78 is 0. The predicted octanol–water partition coefficient (Wildman–Crippen LogP) is 2.12. The van der Waals surface area contributed by atoms with E-state index in [1.807, 2.05) is 17.8 Å². The van der Waals surface area contributed by atoms with E-state index in [1.54, 1.807) is 0 Å². The maximum absolute atomic E-state index is 3.82. The molecule has 0 aromatic rings.